The first-order valence-electron chi connectivity index (χ1n) is 8.82. The molecule has 0 N–H and O–H groups in total. The molecule has 0 aliphatic rings. The molecule has 3 nitrogen and oxygen atoms in total. The fourth-order valence-electron chi connectivity index (χ4n) is 2.61. The Morgan fingerprint density at radius 3 is 2.07 bits per heavy atom. The number of oxime groups is 1. The van der Waals surface area contributed by atoms with Crippen molar-refractivity contribution in [3.63, 3.8) is 0 Å². The summed E-state index contributed by atoms with van der Waals surface area (Å²) in [5, 5.41) is 4.08. The number of nitrogens with zero attached hydrogens (tertiary/aromatic N) is 1. The molecule has 4 heteroatoms. The van der Waals surface area contributed by atoms with E-state index in [1.165, 1.54) is 17.4 Å². The molecule has 0 amide bonds. The van der Waals surface area contributed by atoms with Crippen LogP contribution in [0.2, 0.25) is 0 Å². The van der Waals surface area contributed by atoms with Gasteiger partial charge in [-0.1, -0.05) is 77.6 Å². The summed E-state index contributed by atoms with van der Waals surface area (Å²) < 4.78 is 0. The highest BCUT2D eigenvalue weighted by atomic mass is 32.2. The van der Waals surface area contributed by atoms with Crippen LogP contribution in [0.15, 0.2) is 99.9 Å². The number of benzene rings is 3. The van der Waals surface area contributed by atoms with Crippen molar-refractivity contribution in [2.75, 3.05) is 0 Å². The first kappa shape index (κ1) is 18.9. The largest absolute Gasteiger partial charge is 0.331 e. The van der Waals surface area contributed by atoms with E-state index < -0.39 is 5.97 Å². The van der Waals surface area contributed by atoms with E-state index in [0.29, 0.717) is 6.42 Å². The molecule has 0 saturated carbocycles. The molecule has 0 atom stereocenters. The van der Waals surface area contributed by atoms with Crippen LogP contribution in [0.3, 0.4) is 0 Å². The predicted molar refractivity (Wildman–Crippen MR) is 110 cm³/mol. The SMILES string of the molecule is CC(=O)O/N=C(\CCc1ccccc1)c1ccc(Sc2ccccc2)cc1. The molecule has 0 fully saturated rings. The second kappa shape index (κ2) is 9.74. The molecule has 3 rings (SSSR count). The molecule has 0 saturated heterocycles. The number of aryl methyl sites for hydroxylation is 1. The van der Waals surface area contributed by atoms with Crippen LogP contribution in [0.5, 0.6) is 0 Å². The summed E-state index contributed by atoms with van der Waals surface area (Å²) in [5.74, 6) is -0.413. The van der Waals surface area contributed by atoms with Crippen molar-refractivity contribution >= 4 is 23.4 Å². The van der Waals surface area contributed by atoms with E-state index in [1.54, 1.807) is 11.8 Å². The highest BCUT2D eigenvalue weighted by molar-refractivity contribution is 7.99. The Morgan fingerprint density at radius 2 is 1.44 bits per heavy atom. The second-order valence-electron chi connectivity index (χ2n) is 6.05. The van der Waals surface area contributed by atoms with Gasteiger partial charge >= 0.3 is 5.97 Å². The lowest BCUT2D eigenvalue weighted by Gasteiger charge is -2.08. The molecule has 3 aromatic carbocycles. The van der Waals surface area contributed by atoms with E-state index in [2.05, 4.69) is 41.6 Å². The summed E-state index contributed by atoms with van der Waals surface area (Å²) in [7, 11) is 0. The minimum absolute atomic E-state index is 0.413. The Kier molecular flexibility index (Phi) is 6.83. The topological polar surface area (TPSA) is 38.7 Å². The van der Waals surface area contributed by atoms with E-state index in [1.807, 2.05) is 48.5 Å². The van der Waals surface area contributed by atoms with Crippen molar-refractivity contribution in [3.8, 4) is 0 Å². The van der Waals surface area contributed by atoms with Gasteiger partial charge < -0.3 is 4.84 Å². The van der Waals surface area contributed by atoms with Crippen LogP contribution in [-0.4, -0.2) is 11.7 Å². The summed E-state index contributed by atoms with van der Waals surface area (Å²) in [4.78, 5) is 18.4. The maximum Gasteiger partial charge on any atom is 0.331 e. The van der Waals surface area contributed by atoms with Gasteiger partial charge in [0, 0.05) is 16.7 Å². The quantitative estimate of drug-likeness (QED) is 0.300. The van der Waals surface area contributed by atoms with E-state index in [9.17, 15) is 4.79 Å². The highest BCUT2D eigenvalue weighted by Crippen LogP contribution is 2.27. The minimum Gasteiger partial charge on any atom is -0.318 e. The van der Waals surface area contributed by atoms with Crippen LogP contribution in [0.1, 0.15) is 24.5 Å². The van der Waals surface area contributed by atoms with Crippen LogP contribution in [0.25, 0.3) is 0 Å². The Morgan fingerprint density at radius 1 is 0.852 bits per heavy atom. The van der Waals surface area contributed by atoms with E-state index in [-0.39, 0.29) is 0 Å². The molecular weight excluding hydrogens is 354 g/mol. The lowest BCUT2D eigenvalue weighted by atomic mass is 10.0. The zero-order valence-electron chi connectivity index (χ0n) is 15.2. The van der Waals surface area contributed by atoms with E-state index in [0.717, 1.165) is 22.6 Å². The van der Waals surface area contributed by atoms with Gasteiger partial charge in [0.15, 0.2) is 0 Å². The van der Waals surface area contributed by atoms with Gasteiger partial charge in [-0.05, 0) is 48.2 Å². The lowest BCUT2D eigenvalue weighted by molar-refractivity contribution is -0.140. The average molecular weight is 375 g/mol. The molecule has 136 valence electrons. The third-order valence-corrected chi connectivity index (χ3v) is 4.96. The average Bonchev–Trinajstić information content (AvgIpc) is 2.70. The number of hydrogen-bond donors (Lipinski definition) is 0. The van der Waals surface area contributed by atoms with Crippen LogP contribution in [-0.2, 0) is 16.1 Å². The van der Waals surface area contributed by atoms with Crippen LogP contribution in [0, 0.1) is 0 Å². The summed E-state index contributed by atoms with van der Waals surface area (Å²) in [6, 6.07) is 28.7. The van der Waals surface area contributed by atoms with Crippen molar-refractivity contribution in [1.82, 2.24) is 0 Å². The van der Waals surface area contributed by atoms with Gasteiger partial charge in [-0.3, -0.25) is 0 Å². The maximum atomic E-state index is 11.2. The highest BCUT2D eigenvalue weighted by Gasteiger charge is 2.07. The van der Waals surface area contributed by atoms with Gasteiger partial charge in [0.05, 0.1) is 5.71 Å². The summed E-state index contributed by atoms with van der Waals surface area (Å²) in [6.07, 6.45) is 1.53. The summed E-state index contributed by atoms with van der Waals surface area (Å²) in [5.41, 5.74) is 2.96. The van der Waals surface area contributed by atoms with Gasteiger partial charge in [-0.2, -0.15) is 0 Å². The predicted octanol–water partition coefficient (Wildman–Crippen LogP) is 5.74. The zero-order chi connectivity index (χ0) is 18.9. The first-order valence-corrected chi connectivity index (χ1v) is 9.64. The van der Waals surface area contributed by atoms with Crippen molar-refractivity contribution in [2.24, 2.45) is 5.16 Å². The number of hydrogen-bond acceptors (Lipinski definition) is 4. The molecule has 0 spiro atoms. The molecule has 27 heavy (non-hydrogen) atoms. The molecule has 0 bridgehead atoms. The van der Waals surface area contributed by atoms with Crippen LogP contribution >= 0.6 is 11.8 Å². The van der Waals surface area contributed by atoms with E-state index >= 15 is 0 Å². The summed E-state index contributed by atoms with van der Waals surface area (Å²) in [6.45, 7) is 1.36. The maximum absolute atomic E-state index is 11.2. The Hall–Kier alpha value is -2.85. The molecule has 0 unspecified atom stereocenters. The monoisotopic (exact) mass is 375 g/mol. The second-order valence-corrected chi connectivity index (χ2v) is 7.19. The fourth-order valence-corrected chi connectivity index (χ4v) is 3.45. The molecular formula is C23H21NO2S. The van der Waals surface area contributed by atoms with Crippen molar-refractivity contribution in [1.29, 1.82) is 0 Å². The third kappa shape index (κ3) is 6.12. The Balaban J connectivity index is 1.73. The third-order valence-electron chi connectivity index (χ3n) is 3.94. The molecule has 0 aliphatic carbocycles. The molecule has 0 radical (unpaired) electrons. The molecule has 3 aromatic rings. The van der Waals surface area contributed by atoms with Gasteiger partial charge in [-0.15, -0.1) is 0 Å². The standard InChI is InChI=1S/C23H21NO2S/c1-18(25)26-24-23(17-12-19-8-4-2-5-9-19)20-13-15-22(16-14-20)27-21-10-6-3-7-11-21/h2-11,13-16H,12,17H2,1H3/b24-23+. The van der Waals surface area contributed by atoms with E-state index in [4.69, 9.17) is 4.84 Å². The summed E-state index contributed by atoms with van der Waals surface area (Å²) >= 11 is 1.71. The van der Waals surface area contributed by atoms with Crippen molar-refractivity contribution in [3.05, 3.63) is 96.1 Å². The van der Waals surface area contributed by atoms with Crippen molar-refractivity contribution in [2.45, 2.75) is 29.6 Å². The van der Waals surface area contributed by atoms with Gasteiger partial charge in [0.1, 0.15) is 0 Å². The van der Waals surface area contributed by atoms with Crippen LogP contribution < -0.4 is 0 Å². The minimum atomic E-state index is -0.413. The number of rotatable bonds is 7. The Labute approximate surface area is 164 Å². The Bertz CT molecular complexity index is 891. The van der Waals surface area contributed by atoms with Gasteiger partial charge in [-0.25, -0.2) is 4.79 Å². The van der Waals surface area contributed by atoms with Gasteiger partial charge in [0.2, 0.25) is 0 Å². The zero-order valence-corrected chi connectivity index (χ0v) is 16.0. The van der Waals surface area contributed by atoms with Crippen molar-refractivity contribution < 1.29 is 9.63 Å². The normalized spacial score (nSPS) is 11.2. The smallest absolute Gasteiger partial charge is 0.318 e. The number of carbonyl (C=O) groups is 1. The molecule has 0 aliphatic heterocycles. The molecule has 0 heterocycles. The van der Waals surface area contributed by atoms with Crippen LogP contribution in [0.4, 0.5) is 0 Å². The lowest BCUT2D eigenvalue weighted by Crippen LogP contribution is -2.06. The number of carbonyl (C=O) groups excluding carboxylic acids is 1. The molecule has 0 aromatic heterocycles. The first-order chi connectivity index (χ1) is 13.2. The fraction of sp³-hybridized carbons (Fsp3) is 0.130. The van der Waals surface area contributed by atoms with Gasteiger partial charge in [0.25, 0.3) is 0 Å².